The Morgan fingerprint density at radius 1 is 1.40 bits per heavy atom. The highest BCUT2D eigenvalue weighted by atomic mass is 79.9. The monoisotopic (exact) mass is 417 g/mol. The number of carbonyl (C=O) groups excluding carboxylic acids is 1. The van der Waals surface area contributed by atoms with Crippen molar-refractivity contribution in [2.75, 3.05) is 6.61 Å². The van der Waals surface area contributed by atoms with Gasteiger partial charge in [-0.15, -0.1) is 11.3 Å². The number of ketones is 1. The van der Waals surface area contributed by atoms with E-state index in [0.29, 0.717) is 9.35 Å². The molecule has 0 aliphatic carbocycles. The van der Waals surface area contributed by atoms with Crippen molar-refractivity contribution in [3.63, 3.8) is 0 Å². The lowest BCUT2D eigenvalue weighted by molar-refractivity contribution is 0.0921. The van der Waals surface area contributed by atoms with Crippen LogP contribution in [-0.2, 0) is 0 Å². The average Bonchev–Trinajstić information content (AvgIpc) is 2.75. The minimum atomic E-state index is -0.670. The van der Waals surface area contributed by atoms with Gasteiger partial charge in [-0.25, -0.2) is 4.39 Å². The molecule has 0 aliphatic rings. The molecule has 2 aromatic rings. The molecule has 1 aromatic heterocycles. The Labute approximate surface area is 135 Å². The zero-order valence-corrected chi connectivity index (χ0v) is 13.8. The molecule has 0 atom stereocenters. The van der Waals surface area contributed by atoms with Gasteiger partial charge < -0.3 is 4.74 Å². The van der Waals surface area contributed by atoms with Crippen LogP contribution >= 0.6 is 43.2 Å². The summed E-state index contributed by atoms with van der Waals surface area (Å²) in [6.07, 6.45) is 0. The van der Waals surface area contributed by atoms with E-state index in [1.165, 1.54) is 23.5 Å². The van der Waals surface area contributed by atoms with E-state index in [0.717, 1.165) is 9.85 Å². The second kappa shape index (κ2) is 6.48. The summed E-state index contributed by atoms with van der Waals surface area (Å²) in [7, 11) is 0. The third-order valence-corrected chi connectivity index (χ3v) is 4.73. The van der Waals surface area contributed by atoms with Gasteiger partial charge in [0, 0.05) is 11.6 Å². The van der Waals surface area contributed by atoms with Crippen molar-refractivity contribution in [1.82, 2.24) is 0 Å². The predicted molar refractivity (Wildman–Crippen MR) is 80.7 cm³/mol. The number of carbonyl (C=O) groups is 1. The molecule has 0 N–H and O–H groups in total. The van der Waals surface area contributed by atoms with E-state index < -0.39 is 5.82 Å². The van der Waals surface area contributed by atoms with Gasteiger partial charge in [-0.05, 0) is 50.1 Å². The van der Waals surface area contributed by atoms with Crippen molar-refractivity contribution >= 4 is 49.0 Å². The summed E-state index contributed by atoms with van der Waals surface area (Å²) >= 11 is 7.97. The highest BCUT2D eigenvalue weighted by Crippen LogP contribution is 2.32. The first-order valence-corrected chi connectivity index (χ1v) is 7.72. The van der Waals surface area contributed by atoms with E-state index in [-0.39, 0.29) is 23.7 Å². The number of rotatable bonds is 4. The molecule has 102 valence electrons. The predicted octanol–water partition coefficient (Wildman–Crippen LogP) is 4.55. The Balaban J connectivity index is 2.06. The number of benzene rings is 1. The Morgan fingerprint density at radius 2 is 2.15 bits per heavy atom. The fourth-order valence-electron chi connectivity index (χ4n) is 1.43. The number of ether oxygens (including phenoxy) is 1. The number of Topliss-reactive ketones (excluding diaryl/α,β-unsaturated/α-hetero) is 1. The lowest BCUT2D eigenvalue weighted by atomic mass is 10.2. The minimum Gasteiger partial charge on any atom is -0.485 e. The highest BCUT2D eigenvalue weighted by Gasteiger charge is 2.14. The van der Waals surface area contributed by atoms with E-state index in [4.69, 9.17) is 10.00 Å². The Bertz CT molecular complexity index is 709. The van der Waals surface area contributed by atoms with E-state index in [9.17, 15) is 9.18 Å². The molecule has 2 rings (SSSR count). The Kier molecular flexibility index (Phi) is 4.91. The summed E-state index contributed by atoms with van der Waals surface area (Å²) in [4.78, 5) is 11.9. The molecule has 7 heteroatoms. The molecule has 3 nitrogen and oxygen atoms in total. The normalized spacial score (nSPS) is 10.1. The quantitative estimate of drug-likeness (QED) is 0.684. The van der Waals surface area contributed by atoms with Crippen molar-refractivity contribution < 1.29 is 13.9 Å². The van der Waals surface area contributed by atoms with E-state index in [1.807, 2.05) is 0 Å². The lowest BCUT2D eigenvalue weighted by Gasteiger charge is -2.05. The van der Waals surface area contributed by atoms with Gasteiger partial charge in [0.1, 0.15) is 17.6 Å². The first-order chi connectivity index (χ1) is 9.51. The summed E-state index contributed by atoms with van der Waals surface area (Å²) in [5.41, 5.74) is 0.448. The maximum absolute atomic E-state index is 13.4. The smallest absolute Gasteiger partial charge is 0.202 e. The molecule has 0 aliphatic heterocycles. The van der Waals surface area contributed by atoms with Gasteiger partial charge in [0.15, 0.2) is 6.61 Å². The van der Waals surface area contributed by atoms with Gasteiger partial charge in [-0.2, -0.15) is 5.26 Å². The molecule has 0 unspecified atom stereocenters. The molecular formula is C13H6Br2FNO2S. The molecule has 0 saturated heterocycles. The van der Waals surface area contributed by atoms with E-state index >= 15 is 0 Å². The first-order valence-electron chi connectivity index (χ1n) is 5.31. The zero-order valence-electron chi connectivity index (χ0n) is 9.82. The molecule has 20 heavy (non-hydrogen) atoms. The third kappa shape index (κ3) is 3.45. The van der Waals surface area contributed by atoms with Crippen LogP contribution in [0, 0.1) is 17.1 Å². The van der Waals surface area contributed by atoms with Gasteiger partial charge in [0.05, 0.1) is 13.1 Å². The van der Waals surface area contributed by atoms with Gasteiger partial charge in [-0.1, -0.05) is 0 Å². The van der Waals surface area contributed by atoms with Crippen LogP contribution in [0.5, 0.6) is 5.75 Å². The van der Waals surface area contributed by atoms with Crippen molar-refractivity contribution in [2.24, 2.45) is 0 Å². The molecular weight excluding hydrogens is 413 g/mol. The Hall–Kier alpha value is -1.23. The number of nitriles is 1. The second-order valence-electron chi connectivity index (χ2n) is 3.70. The number of hydrogen-bond donors (Lipinski definition) is 0. The van der Waals surface area contributed by atoms with Crippen LogP contribution in [-0.4, -0.2) is 12.4 Å². The number of hydrogen-bond acceptors (Lipinski definition) is 4. The first kappa shape index (κ1) is 15.2. The van der Waals surface area contributed by atoms with E-state index in [2.05, 4.69) is 31.9 Å². The third-order valence-electron chi connectivity index (χ3n) is 2.39. The van der Waals surface area contributed by atoms with E-state index in [1.54, 1.807) is 12.1 Å². The number of thiophene rings is 1. The van der Waals surface area contributed by atoms with Crippen LogP contribution in [0.25, 0.3) is 0 Å². The largest absolute Gasteiger partial charge is 0.485 e. The van der Waals surface area contributed by atoms with Crippen LogP contribution < -0.4 is 4.74 Å². The summed E-state index contributed by atoms with van der Waals surface area (Å²) < 4.78 is 20.1. The molecule has 0 fully saturated rings. The van der Waals surface area contributed by atoms with Crippen LogP contribution in [0.4, 0.5) is 4.39 Å². The van der Waals surface area contributed by atoms with Crippen LogP contribution in [0.3, 0.4) is 0 Å². The molecule has 0 bridgehead atoms. The van der Waals surface area contributed by atoms with Crippen molar-refractivity contribution in [1.29, 1.82) is 5.26 Å². The topological polar surface area (TPSA) is 50.1 Å². The molecule has 0 amide bonds. The van der Waals surface area contributed by atoms with Crippen molar-refractivity contribution in [2.45, 2.75) is 0 Å². The van der Waals surface area contributed by atoms with Crippen molar-refractivity contribution in [3.8, 4) is 11.8 Å². The fraction of sp³-hybridized carbons (Fsp3) is 0.0769. The summed E-state index contributed by atoms with van der Waals surface area (Å²) in [5, 5.41) is 8.62. The standard InChI is InChI=1S/C13H6Br2FNO2S/c14-12-4-9(13(15)20-12)11(18)6-19-8-2-1-7(5-17)10(16)3-8/h1-4H,6H2. The van der Waals surface area contributed by atoms with Gasteiger partial charge in [0.2, 0.25) is 5.78 Å². The van der Waals surface area contributed by atoms with Gasteiger partial charge >= 0.3 is 0 Å². The number of halogens is 3. The molecule has 1 aromatic carbocycles. The van der Waals surface area contributed by atoms with Crippen molar-refractivity contribution in [3.05, 3.63) is 48.8 Å². The van der Waals surface area contributed by atoms with Crippen LogP contribution in [0.15, 0.2) is 31.8 Å². The molecule has 0 spiro atoms. The maximum Gasteiger partial charge on any atom is 0.202 e. The van der Waals surface area contributed by atoms with Gasteiger partial charge in [-0.3, -0.25) is 4.79 Å². The highest BCUT2D eigenvalue weighted by molar-refractivity contribution is 9.12. The maximum atomic E-state index is 13.4. The SMILES string of the molecule is N#Cc1ccc(OCC(=O)c2cc(Br)sc2Br)cc1F. The summed E-state index contributed by atoms with van der Waals surface area (Å²) in [5.74, 6) is -0.680. The minimum absolute atomic E-state index is 0.0619. The summed E-state index contributed by atoms with van der Waals surface area (Å²) in [6.45, 7) is -0.201. The molecule has 0 radical (unpaired) electrons. The van der Waals surface area contributed by atoms with Gasteiger partial charge in [0.25, 0.3) is 0 Å². The zero-order chi connectivity index (χ0) is 14.7. The fourth-order valence-corrected chi connectivity index (χ4v) is 4.29. The average molecular weight is 419 g/mol. The Morgan fingerprint density at radius 3 is 2.70 bits per heavy atom. The summed E-state index contributed by atoms with van der Waals surface area (Å²) in [6, 6.07) is 7.26. The molecule has 1 heterocycles. The van der Waals surface area contributed by atoms with Crippen LogP contribution in [0.1, 0.15) is 15.9 Å². The molecule has 0 saturated carbocycles. The number of nitrogens with zero attached hydrogens (tertiary/aromatic N) is 1. The van der Waals surface area contributed by atoms with Crippen LogP contribution in [0.2, 0.25) is 0 Å². The lowest BCUT2D eigenvalue weighted by Crippen LogP contribution is -2.11. The second-order valence-corrected chi connectivity index (χ2v) is 7.45.